The number of hydrogen-bond acceptors (Lipinski definition) is 4. The minimum Gasteiger partial charge on any atom is -0.492 e. The van der Waals surface area contributed by atoms with Crippen molar-refractivity contribution in [2.75, 3.05) is 6.61 Å². The summed E-state index contributed by atoms with van der Waals surface area (Å²) in [6.45, 7) is 14.9. The van der Waals surface area contributed by atoms with E-state index in [0.717, 1.165) is 63.7 Å². The van der Waals surface area contributed by atoms with Gasteiger partial charge in [0.1, 0.15) is 5.75 Å². The number of pyridine rings is 1. The fourth-order valence-electron chi connectivity index (χ4n) is 7.98. The molecule has 0 spiro atoms. The summed E-state index contributed by atoms with van der Waals surface area (Å²) >= 11 is 0. The second-order valence-electron chi connectivity index (χ2n) is 16.5. The van der Waals surface area contributed by atoms with Crippen molar-refractivity contribution in [3.05, 3.63) is 139 Å². The van der Waals surface area contributed by atoms with Crippen LogP contribution in [0.3, 0.4) is 0 Å². The van der Waals surface area contributed by atoms with Crippen molar-refractivity contribution in [2.45, 2.75) is 150 Å². The Bertz CT molecular complexity index is 1890. The van der Waals surface area contributed by atoms with Crippen molar-refractivity contribution >= 4 is 23.3 Å². The fourth-order valence-corrected chi connectivity index (χ4v) is 7.98. The third-order valence-corrected chi connectivity index (χ3v) is 11.2. The number of ether oxygens (including phenoxy) is 1. The zero-order valence-corrected chi connectivity index (χ0v) is 39.2. The van der Waals surface area contributed by atoms with Crippen LogP contribution in [0.4, 0.5) is 11.4 Å². The van der Waals surface area contributed by atoms with Gasteiger partial charge in [0.2, 0.25) is 0 Å². The van der Waals surface area contributed by atoms with Crippen LogP contribution in [0.1, 0.15) is 152 Å². The normalized spacial score (nSPS) is 11.3. The Morgan fingerprint density at radius 2 is 1.07 bits per heavy atom. The molecule has 0 aliphatic heterocycles. The molecule has 0 fully saturated rings. The quantitative estimate of drug-likeness (QED) is 0.0333. The van der Waals surface area contributed by atoms with Crippen molar-refractivity contribution in [3.8, 4) is 28.0 Å². The Morgan fingerprint density at radius 1 is 0.607 bits per heavy atom. The van der Waals surface area contributed by atoms with Crippen molar-refractivity contribution in [1.29, 1.82) is 0 Å². The Morgan fingerprint density at radius 3 is 1.49 bits per heavy atom. The Labute approximate surface area is 381 Å². The molecule has 0 amide bonds. The molecule has 1 aromatic heterocycles. The van der Waals surface area contributed by atoms with Gasteiger partial charge < -0.3 is 11.7 Å². The topological polar surface area (TPSA) is 46.8 Å². The number of aryl methyl sites for hydroxylation is 3. The monoisotopic (exact) mass is 864 g/mol. The molecule has 0 aliphatic rings. The van der Waals surface area contributed by atoms with E-state index in [9.17, 15) is 0 Å². The molecule has 0 saturated heterocycles. The van der Waals surface area contributed by atoms with Crippen molar-refractivity contribution < 1.29 is 21.5 Å². The molecule has 4 aromatic carbocycles. The predicted molar refractivity (Wildman–Crippen MR) is 262 cm³/mol. The molecule has 0 saturated carbocycles. The van der Waals surface area contributed by atoms with Crippen LogP contribution < -0.4 is 4.74 Å². The standard InChI is InChI=1S/C45H60N2O.C11H14N.Co/c1-3-4-5-6-7-8-9-10-11-12-13-14-15-16-17-18-19-26-34-48-45-43(39-28-22-20-23-29-39)35-42(36-44(45)40-30-24-21-25-31-40)47-38(2)41-32-27-33-46-37-41;1-5-12-11-9(3)6-8(2)7-10(11)4;/h20-25,27-33,35-37H,3-19,26,34H2,1-2H3;5-7H,1H2,2-4H3;/q;-1;. The van der Waals surface area contributed by atoms with Gasteiger partial charge in [-0.15, -0.1) is 6.21 Å². The number of unbranched alkanes of at least 4 members (excludes halogenated alkanes) is 17. The van der Waals surface area contributed by atoms with Gasteiger partial charge in [-0.1, -0.05) is 201 Å². The van der Waals surface area contributed by atoms with E-state index in [4.69, 9.17) is 9.73 Å². The van der Waals surface area contributed by atoms with Crippen LogP contribution in [0.15, 0.2) is 119 Å². The molecule has 1 heterocycles. The summed E-state index contributed by atoms with van der Waals surface area (Å²) in [5.74, 6) is 0.942. The van der Waals surface area contributed by atoms with Crippen molar-refractivity contribution in [2.24, 2.45) is 9.98 Å². The third-order valence-electron chi connectivity index (χ3n) is 11.2. The van der Waals surface area contributed by atoms with Gasteiger partial charge in [-0.25, -0.2) is 0 Å². The molecule has 0 aliphatic carbocycles. The van der Waals surface area contributed by atoms with Crippen LogP contribution in [0.25, 0.3) is 22.3 Å². The maximum absolute atomic E-state index is 6.69. The van der Waals surface area contributed by atoms with E-state index in [-0.39, 0.29) is 16.8 Å². The number of benzene rings is 4. The van der Waals surface area contributed by atoms with E-state index < -0.39 is 0 Å². The molecule has 61 heavy (non-hydrogen) atoms. The van der Waals surface area contributed by atoms with Crippen LogP contribution in [0, 0.1) is 27.7 Å². The molecular weight excluding hydrogens is 790 g/mol. The molecule has 0 N–H and O–H groups in total. The summed E-state index contributed by atoms with van der Waals surface area (Å²) in [5.41, 5.74) is 12.1. The smallest absolute Gasteiger partial charge is 0.135 e. The van der Waals surface area contributed by atoms with Crippen molar-refractivity contribution in [1.82, 2.24) is 4.98 Å². The van der Waals surface area contributed by atoms with Gasteiger partial charge in [0, 0.05) is 51.6 Å². The summed E-state index contributed by atoms with van der Waals surface area (Å²) in [5, 5.41) is 0. The van der Waals surface area contributed by atoms with Crippen LogP contribution in [-0.4, -0.2) is 23.5 Å². The molecule has 0 bridgehead atoms. The number of rotatable bonds is 25. The summed E-state index contributed by atoms with van der Waals surface area (Å²) < 4.78 is 6.69. The summed E-state index contributed by atoms with van der Waals surface area (Å²) in [6, 6.07) is 33.8. The summed E-state index contributed by atoms with van der Waals surface area (Å²) in [7, 11) is 0. The van der Waals surface area contributed by atoms with E-state index in [1.165, 1.54) is 126 Å². The van der Waals surface area contributed by atoms with Crippen LogP contribution in [0.5, 0.6) is 5.75 Å². The first kappa shape index (κ1) is 50.9. The zero-order valence-electron chi connectivity index (χ0n) is 38.2. The molecule has 4 nitrogen and oxygen atoms in total. The fraction of sp³-hybridized carbons (Fsp3) is 0.429. The minimum atomic E-state index is 0. The van der Waals surface area contributed by atoms with Gasteiger partial charge in [-0.3, -0.25) is 15.0 Å². The molecule has 5 rings (SSSR count). The zero-order chi connectivity index (χ0) is 42.6. The molecular formula is C56H74CoN3O-. The predicted octanol–water partition coefficient (Wildman–Crippen LogP) is 17.1. The Kier molecular flexibility index (Phi) is 25.5. The second-order valence-corrected chi connectivity index (χ2v) is 16.5. The van der Waals surface area contributed by atoms with Gasteiger partial charge in [-0.05, 0) is 74.6 Å². The number of hydrogen-bond donors (Lipinski definition) is 0. The SMILES string of the molecule is CCCCCCCCCCCCCCCCCCCCOc1c(-c2ccccc2)cc(N=C(C)c2cccnc2)cc1-c1ccccc1.[CH2-]C=Nc1c(C)cc(C)cc1C.[Co]. The Balaban J connectivity index is 0.000000656. The van der Waals surface area contributed by atoms with Gasteiger partial charge in [0.15, 0.2) is 0 Å². The van der Waals surface area contributed by atoms with Crippen molar-refractivity contribution in [3.63, 3.8) is 0 Å². The molecule has 1 radical (unpaired) electrons. The van der Waals surface area contributed by atoms with E-state index in [0.29, 0.717) is 0 Å². The third kappa shape index (κ3) is 19.0. The Hall–Kier alpha value is -4.45. The minimum absolute atomic E-state index is 0. The summed E-state index contributed by atoms with van der Waals surface area (Å²) in [4.78, 5) is 13.6. The molecule has 0 unspecified atom stereocenters. The first-order valence-electron chi connectivity index (χ1n) is 23.2. The van der Waals surface area contributed by atoms with E-state index in [1.807, 2.05) is 19.2 Å². The van der Waals surface area contributed by atoms with E-state index in [2.05, 4.69) is 136 Å². The molecule has 329 valence electrons. The van der Waals surface area contributed by atoms with E-state index in [1.54, 1.807) is 12.4 Å². The number of aliphatic imine (C=N–C) groups is 2. The van der Waals surface area contributed by atoms with Gasteiger partial charge in [0.05, 0.1) is 18.0 Å². The van der Waals surface area contributed by atoms with Crippen LogP contribution in [0.2, 0.25) is 0 Å². The molecule has 0 atom stereocenters. The molecule has 5 aromatic rings. The number of nitrogens with zero attached hydrogens (tertiary/aromatic N) is 3. The van der Waals surface area contributed by atoms with Gasteiger partial charge in [0.25, 0.3) is 0 Å². The largest absolute Gasteiger partial charge is 0.492 e. The van der Waals surface area contributed by atoms with Gasteiger partial charge >= 0.3 is 0 Å². The van der Waals surface area contributed by atoms with Crippen LogP contribution >= 0.6 is 0 Å². The maximum Gasteiger partial charge on any atom is 0.135 e. The summed E-state index contributed by atoms with van der Waals surface area (Å²) in [6.07, 6.45) is 30.1. The average Bonchev–Trinajstić information content (AvgIpc) is 3.27. The first-order chi connectivity index (χ1) is 29.4. The van der Waals surface area contributed by atoms with Crippen LogP contribution in [-0.2, 0) is 16.8 Å². The van der Waals surface area contributed by atoms with E-state index >= 15 is 0 Å². The molecule has 5 heteroatoms. The number of aromatic nitrogens is 1. The first-order valence-corrected chi connectivity index (χ1v) is 23.2. The second kappa shape index (κ2) is 30.6. The average molecular weight is 864 g/mol. The van der Waals surface area contributed by atoms with Gasteiger partial charge in [-0.2, -0.15) is 0 Å². The maximum atomic E-state index is 6.69.